The zero-order chi connectivity index (χ0) is 12.6. The first-order valence-corrected chi connectivity index (χ1v) is 5.31. The van der Waals surface area contributed by atoms with Gasteiger partial charge in [-0.1, -0.05) is 6.58 Å². The topological polar surface area (TPSA) is 44.8 Å². The first-order valence-electron chi connectivity index (χ1n) is 5.31. The number of ether oxygens (including phenoxy) is 1. The first kappa shape index (κ1) is 13.3. The highest BCUT2D eigenvalue weighted by molar-refractivity contribution is 6.47. The highest BCUT2D eigenvalue weighted by atomic mass is 16.7. The molecule has 0 atom stereocenters. The molecule has 1 heterocycles. The largest absolute Gasteiger partial charge is 0.466 e. The summed E-state index contributed by atoms with van der Waals surface area (Å²) in [5, 5.41) is 0. The number of carbonyl (C=O) groups is 1. The number of carbonyl (C=O) groups excluding carboxylic acids is 1. The van der Waals surface area contributed by atoms with Crippen molar-refractivity contribution in [2.75, 3.05) is 7.11 Å². The minimum Gasteiger partial charge on any atom is -0.466 e. The highest BCUT2D eigenvalue weighted by Crippen LogP contribution is 2.38. The van der Waals surface area contributed by atoms with E-state index in [9.17, 15) is 4.79 Å². The van der Waals surface area contributed by atoms with E-state index in [2.05, 4.69) is 11.3 Å². The van der Waals surface area contributed by atoms with Crippen LogP contribution in [-0.2, 0) is 18.8 Å². The second-order valence-electron chi connectivity index (χ2n) is 4.99. The lowest BCUT2D eigenvalue weighted by atomic mass is 9.81. The van der Waals surface area contributed by atoms with Gasteiger partial charge >= 0.3 is 13.1 Å². The Kier molecular flexibility index (Phi) is 3.50. The lowest BCUT2D eigenvalue weighted by molar-refractivity contribution is -0.136. The third-order valence-electron chi connectivity index (χ3n) is 3.19. The average molecular weight is 226 g/mol. The van der Waals surface area contributed by atoms with Crippen molar-refractivity contribution in [1.82, 2.24) is 0 Å². The first-order chi connectivity index (χ1) is 7.19. The number of esters is 1. The molecule has 0 aliphatic carbocycles. The lowest BCUT2D eigenvalue weighted by Crippen LogP contribution is -2.41. The van der Waals surface area contributed by atoms with E-state index in [0.717, 1.165) is 0 Å². The van der Waals surface area contributed by atoms with Gasteiger partial charge in [0.2, 0.25) is 0 Å². The molecule has 0 spiro atoms. The second kappa shape index (κ2) is 4.22. The molecule has 0 radical (unpaired) electrons. The summed E-state index contributed by atoms with van der Waals surface area (Å²) in [6.45, 7) is 11.5. The van der Waals surface area contributed by atoms with E-state index in [1.165, 1.54) is 7.11 Å². The second-order valence-corrected chi connectivity index (χ2v) is 4.99. The normalized spacial score (nSPS) is 21.9. The molecule has 0 unspecified atom stereocenters. The van der Waals surface area contributed by atoms with Crippen molar-refractivity contribution in [3.8, 4) is 0 Å². The molecule has 1 saturated heterocycles. The number of hydrogen-bond acceptors (Lipinski definition) is 4. The molecule has 0 N–H and O–H groups in total. The summed E-state index contributed by atoms with van der Waals surface area (Å²) >= 11 is 0. The van der Waals surface area contributed by atoms with Gasteiger partial charge in [0, 0.05) is 11.9 Å². The van der Waals surface area contributed by atoms with E-state index < -0.39 is 13.1 Å². The number of rotatable bonds is 3. The third kappa shape index (κ3) is 2.47. The average Bonchev–Trinajstić information content (AvgIpc) is 2.33. The number of methoxy groups -OCH3 is 1. The fourth-order valence-corrected chi connectivity index (χ4v) is 1.48. The Labute approximate surface area is 97.1 Å². The molecule has 1 aliphatic heterocycles. The van der Waals surface area contributed by atoms with Crippen LogP contribution in [0.2, 0.25) is 6.32 Å². The van der Waals surface area contributed by atoms with Gasteiger partial charge in [0.15, 0.2) is 0 Å². The molecule has 0 saturated carbocycles. The van der Waals surface area contributed by atoms with Crippen LogP contribution in [0.3, 0.4) is 0 Å². The van der Waals surface area contributed by atoms with Crippen LogP contribution < -0.4 is 0 Å². The molecule has 5 heteroatoms. The molecule has 0 aromatic carbocycles. The molecule has 16 heavy (non-hydrogen) atoms. The fraction of sp³-hybridized carbons (Fsp3) is 0.727. The van der Waals surface area contributed by atoms with Gasteiger partial charge in [-0.05, 0) is 27.7 Å². The molecule has 0 amide bonds. The van der Waals surface area contributed by atoms with Crippen LogP contribution in [0.15, 0.2) is 12.2 Å². The van der Waals surface area contributed by atoms with Crippen molar-refractivity contribution < 1.29 is 18.8 Å². The van der Waals surface area contributed by atoms with Gasteiger partial charge in [0.05, 0.1) is 18.3 Å². The quantitative estimate of drug-likeness (QED) is 0.418. The van der Waals surface area contributed by atoms with E-state index in [1.807, 2.05) is 27.7 Å². The smallest absolute Gasteiger partial charge is 0.462 e. The Morgan fingerprint density at radius 3 is 2.06 bits per heavy atom. The van der Waals surface area contributed by atoms with Crippen LogP contribution in [0.4, 0.5) is 0 Å². The van der Waals surface area contributed by atoms with Crippen molar-refractivity contribution in [2.45, 2.75) is 45.2 Å². The van der Waals surface area contributed by atoms with Crippen LogP contribution in [0, 0.1) is 0 Å². The van der Waals surface area contributed by atoms with E-state index in [0.29, 0.717) is 11.9 Å². The third-order valence-corrected chi connectivity index (χ3v) is 3.19. The summed E-state index contributed by atoms with van der Waals surface area (Å²) in [6.07, 6.45) is 0.333. The number of hydrogen-bond donors (Lipinski definition) is 0. The molecule has 1 rings (SSSR count). The zero-order valence-electron chi connectivity index (χ0n) is 10.6. The van der Waals surface area contributed by atoms with Gasteiger partial charge in [-0.25, -0.2) is 4.79 Å². The highest BCUT2D eigenvalue weighted by Gasteiger charge is 2.51. The molecule has 0 bridgehead atoms. The Hall–Kier alpha value is -0.805. The van der Waals surface area contributed by atoms with Gasteiger partial charge in [0.25, 0.3) is 0 Å². The van der Waals surface area contributed by atoms with E-state index in [4.69, 9.17) is 9.31 Å². The van der Waals surface area contributed by atoms with Gasteiger partial charge in [-0.3, -0.25) is 0 Å². The minimum absolute atomic E-state index is 0.333. The summed E-state index contributed by atoms with van der Waals surface area (Å²) in [5.74, 6) is -0.422. The van der Waals surface area contributed by atoms with Gasteiger partial charge in [-0.2, -0.15) is 0 Å². The molecule has 0 aromatic heterocycles. The predicted octanol–water partition coefficient (Wildman–Crippen LogP) is 1.81. The minimum atomic E-state index is -0.434. The predicted molar refractivity (Wildman–Crippen MR) is 62.0 cm³/mol. The summed E-state index contributed by atoms with van der Waals surface area (Å²) in [7, 11) is 0.897. The van der Waals surface area contributed by atoms with Crippen molar-refractivity contribution in [3.05, 3.63) is 12.2 Å². The monoisotopic (exact) mass is 226 g/mol. The van der Waals surface area contributed by atoms with Crippen molar-refractivity contribution in [3.63, 3.8) is 0 Å². The van der Waals surface area contributed by atoms with Crippen LogP contribution in [0.25, 0.3) is 0 Å². The van der Waals surface area contributed by atoms with E-state index in [-0.39, 0.29) is 11.2 Å². The maximum absolute atomic E-state index is 11.2. The molecule has 1 aliphatic rings. The van der Waals surface area contributed by atoms with Gasteiger partial charge in [0.1, 0.15) is 0 Å². The van der Waals surface area contributed by atoms with Gasteiger partial charge in [-0.15, -0.1) is 0 Å². The fourth-order valence-electron chi connectivity index (χ4n) is 1.48. The Balaban J connectivity index is 2.61. The summed E-state index contributed by atoms with van der Waals surface area (Å²) in [6, 6.07) is 0. The Morgan fingerprint density at radius 2 is 1.69 bits per heavy atom. The van der Waals surface area contributed by atoms with E-state index >= 15 is 0 Å². The van der Waals surface area contributed by atoms with Crippen LogP contribution in [0.5, 0.6) is 0 Å². The summed E-state index contributed by atoms with van der Waals surface area (Å²) in [4.78, 5) is 11.2. The molecule has 1 fully saturated rings. The Morgan fingerprint density at radius 1 is 1.25 bits per heavy atom. The lowest BCUT2D eigenvalue weighted by Gasteiger charge is -2.32. The van der Waals surface area contributed by atoms with Crippen LogP contribution >= 0.6 is 0 Å². The van der Waals surface area contributed by atoms with E-state index in [1.54, 1.807) is 0 Å². The Bertz CT molecular complexity index is 293. The van der Waals surface area contributed by atoms with Gasteiger partial charge < -0.3 is 14.0 Å². The molecular weight excluding hydrogens is 207 g/mol. The van der Waals surface area contributed by atoms with Crippen molar-refractivity contribution in [2.24, 2.45) is 0 Å². The molecule has 4 nitrogen and oxygen atoms in total. The van der Waals surface area contributed by atoms with Crippen molar-refractivity contribution in [1.29, 1.82) is 0 Å². The van der Waals surface area contributed by atoms with Crippen LogP contribution in [-0.4, -0.2) is 31.4 Å². The SMILES string of the molecule is C=C(CB1OC(C)(C)C(C)(C)O1)C(=O)OC. The zero-order valence-corrected chi connectivity index (χ0v) is 10.6. The standard InChI is InChI=1S/C11H19BO4/c1-8(9(13)14-6)7-12-15-10(2,3)11(4,5)16-12/h1,7H2,2-6H3. The molecular formula is C11H19BO4. The molecule has 90 valence electrons. The summed E-state index contributed by atoms with van der Waals surface area (Å²) < 4.78 is 16.1. The maximum atomic E-state index is 11.2. The summed E-state index contributed by atoms with van der Waals surface area (Å²) in [5.41, 5.74) is -0.400. The molecule has 0 aromatic rings. The van der Waals surface area contributed by atoms with Crippen molar-refractivity contribution >= 4 is 13.1 Å². The van der Waals surface area contributed by atoms with Crippen LogP contribution in [0.1, 0.15) is 27.7 Å². The maximum Gasteiger partial charge on any atom is 0.462 e.